The first-order chi connectivity index (χ1) is 8.75. The number of halogens is 1. The highest BCUT2D eigenvalue weighted by atomic mass is 35.5. The van der Waals surface area contributed by atoms with Crippen molar-refractivity contribution in [3.05, 3.63) is 23.8 Å². The highest BCUT2D eigenvalue weighted by Crippen LogP contribution is 2.61. The Kier molecular flexibility index (Phi) is 3.38. The van der Waals surface area contributed by atoms with Gasteiger partial charge in [-0.3, -0.25) is 9.59 Å². The average molecular weight is 283 g/mol. The molecule has 3 nitrogen and oxygen atoms in total. The minimum Gasteiger partial charge on any atom is -0.468 e. The van der Waals surface area contributed by atoms with E-state index in [4.69, 9.17) is 16.3 Å². The van der Waals surface area contributed by atoms with Gasteiger partial charge in [-0.05, 0) is 31.1 Å². The van der Waals surface area contributed by atoms with Gasteiger partial charge in [-0.25, -0.2) is 0 Å². The van der Waals surface area contributed by atoms with Crippen LogP contribution in [0.4, 0.5) is 0 Å². The van der Waals surface area contributed by atoms with Gasteiger partial charge < -0.3 is 4.74 Å². The third kappa shape index (κ3) is 2.04. The normalized spacial score (nSPS) is 37.3. The largest absolute Gasteiger partial charge is 0.468 e. The van der Waals surface area contributed by atoms with E-state index in [9.17, 15) is 9.59 Å². The Morgan fingerprint density at radius 3 is 2.74 bits per heavy atom. The summed E-state index contributed by atoms with van der Waals surface area (Å²) in [5, 5.41) is 0.453. The molecule has 0 heterocycles. The minimum atomic E-state index is -1.05. The molecule has 2 fully saturated rings. The number of fused-ring (bicyclic) bond motifs is 2. The maximum absolute atomic E-state index is 12.7. The summed E-state index contributed by atoms with van der Waals surface area (Å²) in [6, 6.07) is 0. The van der Waals surface area contributed by atoms with E-state index in [1.54, 1.807) is 0 Å². The number of allylic oxidation sites excluding steroid dienone is 2. The standard InChI is InChI=1S/C15H19ClO3/c1-9-6-15(13(18)19-4)8-14(9,3)7-11(12(15)17)5-10(2)16/h11H,1-2,5-8H2,3-4H3/t11-,14-,15+/m1/s1. The van der Waals surface area contributed by atoms with E-state index in [1.807, 2.05) is 0 Å². The van der Waals surface area contributed by atoms with E-state index >= 15 is 0 Å². The summed E-state index contributed by atoms with van der Waals surface area (Å²) < 4.78 is 4.87. The third-order valence-corrected chi connectivity index (χ3v) is 4.80. The fraction of sp³-hybridized carbons (Fsp3) is 0.600. The lowest BCUT2D eigenvalue weighted by Gasteiger charge is -2.39. The number of carbonyl (C=O) groups is 2. The molecule has 2 aliphatic carbocycles. The van der Waals surface area contributed by atoms with Gasteiger partial charge >= 0.3 is 5.97 Å². The number of esters is 1. The lowest BCUT2D eigenvalue weighted by atomic mass is 9.63. The molecule has 0 radical (unpaired) electrons. The molecule has 2 saturated carbocycles. The highest BCUT2D eigenvalue weighted by Gasteiger charge is 2.63. The topological polar surface area (TPSA) is 43.4 Å². The number of ether oxygens (including phenoxy) is 1. The summed E-state index contributed by atoms with van der Waals surface area (Å²) in [5.41, 5.74) is -0.261. The van der Waals surface area contributed by atoms with Gasteiger partial charge in [-0.2, -0.15) is 0 Å². The van der Waals surface area contributed by atoms with Gasteiger partial charge in [0.25, 0.3) is 0 Å². The summed E-state index contributed by atoms with van der Waals surface area (Å²) in [7, 11) is 1.33. The van der Waals surface area contributed by atoms with Gasteiger partial charge in [0.1, 0.15) is 5.41 Å². The molecular weight excluding hydrogens is 264 g/mol. The summed E-state index contributed by atoms with van der Waals surface area (Å²) in [6.45, 7) is 9.79. The molecule has 0 spiro atoms. The molecule has 0 aromatic heterocycles. The first kappa shape index (κ1) is 14.3. The van der Waals surface area contributed by atoms with Crippen molar-refractivity contribution in [1.29, 1.82) is 0 Å². The van der Waals surface area contributed by atoms with Gasteiger partial charge in [-0.1, -0.05) is 37.3 Å². The lowest BCUT2D eigenvalue weighted by molar-refractivity contribution is -0.162. The number of methoxy groups -OCH3 is 1. The molecule has 0 unspecified atom stereocenters. The van der Waals surface area contributed by atoms with Gasteiger partial charge in [0.2, 0.25) is 0 Å². The molecule has 19 heavy (non-hydrogen) atoms. The van der Waals surface area contributed by atoms with E-state index in [1.165, 1.54) is 7.11 Å². The van der Waals surface area contributed by atoms with Crippen LogP contribution in [-0.4, -0.2) is 18.9 Å². The zero-order valence-electron chi connectivity index (χ0n) is 11.4. The van der Waals surface area contributed by atoms with Crippen molar-refractivity contribution in [3.63, 3.8) is 0 Å². The fourth-order valence-electron chi connectivity index (χ4n) is 3.72. The predicted molar refractivity (Wildman–Crippen MR) is 73.7 cm³/mol. The predicted octanol–water partition coefficient (Wildman–Crippen LogP) is 3.23. The van der Waals surface area contributed by atoms with Gasteiger partial charge in [0.15, 0.2) is 5.78 Å². The smallest absolute Gasteiger partial charge is 0.319 e. The number of rotatable bonds is 3. The number of carbonyl (C=O) groups excluding carboxylic acids is 2. The van der Waals surface area contributed by atoms with Crippen molar-refractivity contribution in [1.82, 2.24) is 0 Å². The molecule has 2 bridgehead atoms. The zero-order chi connectivity index (χ0) is 14.4. The third-order valence-electron chi connectivity index (χ3n) is 4.64. The van der Waals surface area contributed by atoms with E-state index in [-0.39, 0.29) is 17.1 Å². The molecule has 0 amide bonds. The molecule has 0 aromatic carbocycles. The minimum absolute atomic E-state index is 0.0581. The van der Waals surface area contributed by atoms with Crippen molar-refractivity contribution in [2.45, 2.75) is 32.6 Å². The molecule has 4 heteroatoms. The van der Waals surface area contributed by atoms with E-state index < -0.39 is 11.4 Å². The summed E-state index contributed by atoms with van der Waals surface area (Å²) >= 11 is 5.85. The van der Waals surface area contributed by atoms with E-state index in [0.29, 0.717) is 30.7 Å². The Morgan fingerprint density at radius 1 is 1.58 bits per heavy atom. The number of hydrogen-bond acceptors (Lipinski definition) is 3. The Bertz CT molecular complexity index is 482. The second kappa shape index (κ2) is 4.48. The van der Waals surface area contributed by atoms with Crippen LogP contribution < -0.4 is 0 Å². The second-order valence-corrected chi connectivity index (χ2v) is 6.61. The van der Waals surface area contributed by atoms with Crippen molar-refractivity contribution >= 4 is 23.4 Å². The van der Waals surface area contributed by atoms with Crippen molar-refractivity contribution in [3.8, 4) is 0 Å². The van der Waals surface area contributed by atoms with E-state index in [2.05, 4.69) is 20.1 Å². The average Bonchev–Trinajstić information content (AvgIpc) is 2.55. The summed E-state index contributed by atoms with van der Waals surface area (Å²) in [5.74, 6) is -0.758. The highest BCUT2D eigenvalue weighted by molar-refractivity contribution is 6.29. The number of ketones is 1. The Morgan fingerprint density at radius 2 is 2.21 bits per heavy atom. The van der Waals surface area contributed by atoms with Crippen molar-refractivity contribution in [2.75, 3.05) is 7.11 Å². The maximum atomic E-state index is 12.7. The van der Waals surface area contributed by atoms with Gasteiger partial charge in [-0.15, -0.1) is 0 Å². The lowest BCUT2D eigenvalue weighted by Crippen LogP contribution is -2.46. The van der Waals surface area contributed by atoms with Crippen molar-refractivity contribution in [2.24, 2.45) is 16.7 Å². The maximum Gasteiger partial charge on any atom is 0.319 e. The van der Waals surface area contributed by atoms with Crippen LogP contribution in [0.25, 0.3) is 0 Å². The zero-order valence-corrected chi connectivity index (χ0v) is 12.2. The molecule has 0 N–H and O–H groups in total. The van der Waals surface area contributed by atoms with Crippen LogP contribution in [0.1, 0.15) is 32.6 Å². The Labute approximate surface area is 118 Å². The van der Waals surface area contributed by atoms with Gasteiger partial charge in [0.05, 0.1) is 7.11 Å². The van der Waals surface area contributed by atoms with Crippen LogP contribution in [-0.2, 0) is 14.3 Å². The van der Waals surface area contributed by atoms with Crippen LogP contribution in [0.5, 0.6) is 0 Å². The first-order valence-electron chi connectivity index (χ1n) is 6.39. The molecule has 2 aliphatic rings. The Hall–Kier alpha value is -1.09. The Balaban J connectivity index is 2.43. The van der Waals surface area contributed by atoms with Gasteiger partial charge in [0, 0.05) is 11.0 Å². The molecule has 0 aromatic rings. The van der Waals surface area contributed by atoms with Crippen LogP contribution in [0.2, 0.25) is 0 Å². The van der Waals surface area contributed by atoms with Crippen molar-refractivity contribution < 1.29 is 14.3 Å². The van der Waals surface area contributed by atoms with Crippen LogP contribution in [0.3, 0.4) is 0 Å². The fourth-order valence-corrected chi connectivity index (χ4v) is 3.91. The molecule has 3 atom stereocenters. The second-order valence-electron chi connectivity index (χ2n) is 6.08. The first-order valence-corrected chi connectivity index (χ1v) is 6.77. The molecular formula is C15H19ClO3. The molecule has 2 rings (SSSR count). The SMILES string of the molecule is C=C(Cl)C[C@@H]1C[C@]2(C)C[C@@](C(=O)OC)(CC2=C)C1=O. The van der Waals surface area contributed by atoms with Crippen LogP contribution in [0, 0.1) is 16.7 Å². The summed E-state index contributed by atoms with van der Waals surface area (Å²) in [6.07, 6.45) is 2.02. The molecule has 0 aliphatic heterocycles. The van der Waals surface area contributed by atoms with Crippen LogP contribution >= 0.6 is 11.6 Å². The monoisotopic (exact) mass is 282 g/mol. The van der Waals surface area contributed by atoms with E-state index in [0.717, 1.165) is 5.57 Å². The quantitative estimate of drug-likeness (QED) is 0.453. The summed E-state index contributed by atoms with van der Waals surface area (Å²) in [4.78, 5) is 24.8. The van der Waals surface area contributed by atoms with Crippen LogP contribution in [0.15, 0.2) is 23.8 Å². The molecule has 0 saturated heterocycles. The number of hydrogen-bond donors (Lipinski definition) is 0. The molecule has 104 valence electrons. The number of Topliss-reactive ketones (excluding diaryl/α,β-unsaturated/α-hetero) is 1.